The highest BCUT2D eigenvalue weighted by molar-refractivity contribution is 5.98. The van der Waals surface area contributed by atoms with Crippen LogP contribution < -0.4 is 25.9 Å². The molecule has 3 N–H and O–H groups in total. The van der Waals surface area contributed by atoms with Crippen molar-refractivity contribution < 1.29 is 31.8 Å². The number of amides is 1. The van der Waals surface area contributed by atoms with Gasteiger partial charge in [0.2, 0.25) is 0 Å². The number of nitrogens with zero attached hydrogens (tertiary/aromatic N) is 1. The van der Waals surface area contributed by atoms with Crippen molar-refractivity contribution in [2.24, 2.45) is 0 Å². The first-order valence-corrected chi connectivity index (χ1v) is 10.8. The molecule has 2 aromatic carbocycles. The van der Waals surface area contributed by atoms with Crippen LogP contribution >= 0.6 is 0 Å². The molecule has 0 spiro atoms. The quantitative estimate of drug-likeness (QED) is 0.283. The Morgan fingerprint density at radius 2 is 1.81 bits per heavy atom. The lowest BCUT2D eigenvalue weighted by atomic mass is 9.81. The van der Waals surface area contributed by atoms with Crippen LogP contribution in [0.15, 0.2) is 64.3 Å². The minimum absolute atomic E-state index is 0.0689. The fourth-order valence-corrected chi connectivity index (χ4v) is 4.23. The molecule has 0 aliphatic carbocycles. The molecule has 0 fully saturated rings. The second-order valence-electron chi connectivity index (χ2n) is 8.17. The molecule has 13 heteroatoms. The first kappa shape index (κ1) is 24.0. The molecule has 1 unspecified atom stereocenters. The van der Waals surface area contributed by atoms with Crippen molar-refractivity contribution in [1.82, 2.24) is 20.3 Å². The van der Waals surface area contributed by atoms with Gasteiger partial charge in [-0.15, -0.1) is 13.2 Å². The maximum Gasteiger partial charge on any atom is 0.573 e. The lowest BCUT2D eigenvalue weighted by Gasteiger charge is -2.39. The van der Waals surface area contributed by atoms with Gasteiger partial charge in [0.1, 0.15) is 17.0 Å². The number of alkyl halides is 3. The summed E-state index contributed by atoms with van der Waals surface area (Å²) >= 11 is 0. The van der Waals surface area contributed by atoms with E-state index in [1.54, 1.807) is 12.1 Å². The summed E-state index contributed by atoms with van der Waals surface area (Å²) in [5.41, 5.74) is -2.36. The van der Waals surface area contributed by atoms with Crippen molar-refractivity contribution in [2.45, 2.75) is 18.3 Å². The number of carbonyl (C=O) groups excluding carboxylic acids is 1. The van der Waals surface area contributed by atoms with E-state index in [9.17, 15) is 31.9 Å². The molecule has 1 aliphatic heterocycles. The van der Waals surface area contributed by atoms with Gasteiger partial charge >= 0.3 is 17.5 Å². The van der Waals surface area contributed by atoms with Crippen molar-refractivity contribution in [3.63, 3.8) is 0 Å². The van der Waals surface area contributed by atoms with E-state index in [0.717, 1.165) is 12.1 Å². The molecule has 9 nitrogen and oxygen atoms in total. The number of aromatic nitrogens is 3. The molecule has 1 aliphatic rings. The number of carbonyl (C=O) groups is 1. The molecule has 0 saturated carbocycles. The van der Waals surface area contributed by atoms with E-state index in [4.69, 9.17) is 4.74 Å². The van der Waals surface area contributed by atoms with Gasteiger partial charge in [-0.05, 0) is 48.0 Å². The number of nitrogens with one attached hydrogen (secondary N) is 3. The zero-order valence-electron chi connectivity index (χ0n) is 18.6. The number of ether oxygens (including phenoxy) is 2. The number of fused-ring (bicyclic) bond motifs is 2. The van der Waals surface area contributed by atoms with Crippen LogP contribution in [-0.4, -0.2) is 33.8 Å². The average Bonchev–Trinajstić information content (AvgIpc) is 2.85. The van der Waals surface area contributed by atoms with E-state index in [-0.39, 0.29) is 40.9 Å². The number of rotatable bonds is 4. The van der Waals surface area contributed by atoms with Gasteiger partial charge in [-0.2, -0.15) is 0 Å². The second-order valence-corrected chi connectivity index (χ2v) is 8.17. The number of H-pyrrole nitrogens is 2. The van der Waals surface area contributed by atoms with Gasteiger partial charge in [0.05, 0.1) is 17.6 Å². The van der Waals surface area contributed by atoms with Crippen molar-refractivity contribution in [3.8, 4) is 11.5 Å². The van der Waals surface area contributed by atoms with E-state index >= 15 is 0 Å². The minimum Gasteiger partial charge on any atom is -0.491 e. The molecular weight excluding hydrogens is 500 g/mol. The summed E-state index contributed by atoms with van der Waals surface area (Å²) in [6.07, 6.45) is -3.59. The second kappa shape index (κ2) is 8.76. The van der Waals surface area contributed by atoms with Crippen molar-refractivity contribution in [1.29, 1.82) is 0 Å². The SMILES string of the molecule is O=C(NC1(c2ccc(OC(F)(F)F)c(F)c2)CCOc2cccnc21)c1ccc2[nH]c(=O)c(=O)[nH]c2c1. The predicted octanol–water partition coefficient (Wildman–Crippen LogP) is 3.11. The zero-order valence-corrected chi connectivity index (χ0v) is 18.6. The third-order valence-corrected chi connectivity index (χ3v) is 5.87. The van der Waals surface area contributed by atoms with Crippen LogP contribution in [0.5, 0.6) is 11.5 Å². The van der Waals surface area contributed by atoms with E-state index in [0.29, 0.717) is 5.75 Å². The summed E-state index contributed by atoms with van der Waals surface area (Å²) in [5, 5.41) is 2.83. The molecule has 4 aromatic rings. The fraction of sp³-hybridized carbons (Fsp3) is 0.167. The van der Waals surface area contributed by atoms with Gasteiger partial charge in [-0.1, -0.05) is 6.07 Å². The lowest BCUT2D eigenvalue weighted by molar-refractivity contribution is -0.275. The Kier molecular flexibility index (Phi) is 5.69. The monoisotopic (exact) mass is 516 g/mol. The zero-order chi connectivity index (χ0) is 26.4. The summed E-state index contributed by atoms with van der Waals surface area (Å²) in [6, 6.07) is 10.2. The Morgan fingerprint density at radius 3 is 2.54 bits per heavy atom. The molecule has 0 radical (unpaired) electrons. The van der Waals surface area contributed by atoms with Crippen molar-refractivity contribution in [3.05, 3.63) is 98.1 Å². The Hall–Kier alpha value is -4.68. The largest absolute Gasteiger partial charge is 0.573 e. The topological polar surface area (TPSA) is 126 Å². The van der Waals surface area contributed by atoms with Crippen molar-refractivity contribution in [2.75, 3.05) is 6.61 Å². The molecule has 5 rings (SSSR count). The molecule has 3 heterocycles. The standard InChI is InChI=1S/C24H16F4N4O5/c25-14-11-13(4-6-17(14)37-24(26,27)28)23(7-9-36-18-2-1-8-29-19(18)23)32-20(33)12-3-5-15-16(10-12)31-22(35)21(34)30-15/h1-6,8,10-11H,7,9H2,(H,30,34)(H,31,35)(H,32,33). The third kappa shape index (κ3) is 4.50. The Bertz CT molecular complexity index is 1650. The van der Waals surface area contributed by atoms with Crippen LogP contribution in [0, 0.1) is 5.82 Å². The fourth-order valence-electron chi connectivity index (χ4n) is 4.23. The number of aromatic amines is 2. The number of pyridine rings is 1. The normalized spacial score (nSPS) is 17.1. The highest BCUT2D eigenvalue weighted by Crippen LogP contribution is 2.42. The smallest absolute Gasteiger partial charge is 0.491 e. The summed E-state index contributed by atoms with van der Waals surface area (Å²) in [4.78, 5) is 45.8. The van der Waals surface area contributed by atoms with Crippen LogP contribution in [0.4, 0.5) is 17.6 Å². The van der Waals surface area contributed by atoms with Crippen LogP contribution in [-0.2, 0) is 5.54 Å². The Balaban J connectivity index is 1.60. The number of benzene rings is 2. The van der Waals surface area contributed by atoms with E-state index in [2.05, 4.69) is 25.0 Å². The minimum atomic E-state index is -5.09. The Morgan fingerprint density at radius 1 is 1.05 bits per heavy atom. The highest BCUT2D eigenvalue weighted by Gasteiger charge is 2.43. The first-order valence-electron chi connectivity index (χ1n) is 10.8. The van der Waals surface area contributed by atoms with Gasteiger partial charge in [0.25, 0.3) is 5.91 Å². The van der Waals surface area contributed by atoms with Crippen LogP contribution in [0.25, 0.3) is 11.0 Å². The molecule has 0 bridgehead atoms. The van der Waals surface area contributed by atoms with Gasteiger partial charge < -0.3 is 24.8 Å². The summed E-state index contributed by atoms with van der Waals surface area (Å²) in [5.74, 6) is -2.69. The van der Waals surface area contributed by atoms with Gasteiger partial charge in [0.15, 0.2) is 11.6 Å². The summed E-state index contributed by atoms with van der Waals surface area (Å²) < 4.78 is 62.1. The number of hydrogen-bond acceptors (Lipinski definition) is 6. The van der Waals surface area contributed by atoms with E-state index in [1.165, 1.54) is 30.5 Å². The molecule has 190 valence electrons. The summed E-state index contributed by atoms with van der Waals surface area (Å²) in [6.45, 7) is 0.0771. The van der Waals surface area contributed by atoms with Gasteiger partial charge in [-0.3, -0.25) is 19.4 Å². The molecule has 2 aromatic heterocycles. The highest BCUT2D eigenvalue weighted by atomic mass is 19.4. The maximum absolute atomic E-state index is 14.7. The van der Waals surface area contributed by atoms with Crippen LogP contribution in [0.1, 0.15) is 28.0 Å². The number of hydrogen-bond donors (Lipinski definition) is 3. The predicted molar refractivity (Wildman–Crippen MR) is 121 cm³/mol. The maximum atomic E-state index is 14.7. The molecule has 0 saturated heterocycles. The van der Waals surface area contributed by atoms with Crippen molar-refractivity contribution >= 4 is 16.9 Å². The third-order valence-electron chi connectivity index (χ3n) is 5.87. The molecule has 1 atom stereocenters. The van der Waals surface area contributed by atoms with Gasteiger partial charge in [-0.25, -0.2) is 4.39 Å². The number of halogens is 4. The molecular formula is C24H16F4N4O5. The van der Waals surface area contributed by atoms with E-state index < -0.39 is 40.5 Å². The van der Waals surface area contributed by atoms with E-state index in [1.807, 2.05) is 0 Å². The van der Waals surface area contributed by atoms with Crippen LogP contribution in [0.3, 0.4) is 0 Å². The van der Waals surface area contributed by atoms with Crippen LogP contribution in [0.2, 0.25) is 0 Å². The summed E-state index contributed by atoms with van der Waals surface area (Å²) in [7, 11) is 0. The first-order chi connectivity index (χ1) is 17.6. The van der Waals surface area contributed by atoms with Gasteiger partial charge in [0, 0.05) is 18.2 Å². The average molecular weight is 516 g/mol. The molecule has 1 amide bonds. The Labute approximate surface area is 204 Å². The lowest BCUT2D eigenvalue weighted by Crippen LogP contribution is -2.50. The molecule has 37 heavy (non-hydrogen) atoms.